The van der Waals surface area contributed by atoms with Crippen LogP contribution >= 0.6 is 11.8 Å². The second kappa shape index (κ2) is 6.69. The van der Waals surface area contributed by atoms with Gasteiger partial charge in [0.05, 0.1) is 7.11 Å². The Balaban J connectivity index is 1.72. The molecule has 0 spiro atoms. The lowest BCUT2D eigenvalue weighted by Crippen LogP contribution is -2.38. The number of thioether (sulfide) groups is 1. The van der Waals surface area contributed by atoms with Crippen LogP contribution in [-0.4, -0.2) is 36.9 Å². The van der Waals surface area contributed by atoms with Gasteiger partial charge in [0.25, 0.3) is 0 Å². The molecule has 0 atom stereocenters. The molecule has 1 aromatic rings. The molecule has 2 rings (SSSR count). The lowest BCUT2D eigenvalue weighted by atomic mass is 9.99. The molecule has 18 heavy (non-hydrogen) atoms. The minimum atomic E-state index is -0.191. The first-order valence-corrected chi connectivity index (χ1v) is 7.29. The molecule has 3 nitrogen and oxygen atoms in total. The SMILES string of the molecule is COC(=O)N1CCC(CSc2ccccc2)CC1. The molecule has 0 aromatic heterocycles. The minimum absolute atomic E-state index is 0.191. The van der Waals surface area contributed by atoms with E-state index in [0.29, 0.717) is 5.92 Å². The van der Waals surface area contributed by atoms with Crippen molar-refractivity contribution in [2.24, 2.45) is 5.92 Å². The monoisotopic (exact) mass is 265 g/mol. The van der Waals surface area contributed by atoms with Crippen molar-refractivity contribution in [3.8, 4) is 0 Å². The Morgan fingerprint density at radius 3 is 2.61 bits per heavy atom. The van der Waals surface area contributed by atoms with Crippen molar-refractivity contribution in [3.05, 3.63) is 30.3 Å². The van der Waals surface area contributed by atoms with Gasteiger partial charge in [0.1, 0.15) is 0 Å². The quantitative estimate of drug-likeness (QED) is 0.786. The average molecular weight is 265 g/mol. The molecule has 1 heterocycles. The molecule has 0 unspecified atom stereocenters. The van der Waals surface area contributed by atoms with Gasteiger partial charge in [-0.3, -0.25) is 0 Å². The first-order valence-electron chi connectivity index (χ1n) is 6.30. The Morgan fingerprint density at radius 2 is 2.00 bits per heavy atom. The number of hydrogen-bond acceptors (Lipinski definition) is 3. The highest BCUT2D eigenvalue weighted by atomic mass is 32.2. The molecule has 1 aliphatic heterocycles. The van der Waals surface area contributed by atoms with E-state index in [1.807, 2.05) is 17.8 Å². The number of nitrogens with zero attached hydrogens (tertiary/aromatic N) is 1. The molecule has 4 heteroatoms. The number of amides is 1. The summed E-state index contributed by atoms with van der Waals surface area (Å²) in [6.07, 6.45) is 1.97. The fourth-order valence-electron chi connectivity index (χ4n) is 2.14. The summed E-state index contributed by atoms with van der Waals surface area (Å²) >= 11 is 1.91. The molecular formula is C14H19NO2S. The highest BCUT2D eigenvalue weighted by Crippen LogP contribution is 2.26. The highest BCUT2D eigenvalue weighted by molar-refractivity contribution is 7.99. The molecule has 1 saturated heterocycles. The van der Waals surface area contributed by atoms with Crippen molar-refractivity contribution < 1.29 is 9.53 Å². The summed E-state index contributed by atoms with van der Waals surface area (Å²) in [7, 11) is 1.44. The predicted octanol–water partition coefficient (Wildman–Crippen LogP) is 3.26. The molecule has 0 bridgehead atoms. The Bertz CT molecular complexity index is 375. The first kappa shape index (κ1) is 13.3. The molecule has 0 saturated carbocycles. The van der Waals surface area contributed by atoms with E-state index in [-0.39, 0.29) is 6.09 Å². The van der Waals surface area contributed by atoms with Gasteiger partial charge >= 0.3 is 6.09 Å². The molecule has 98 valence electrons. The zero-order chi connectivity index (χ0) is 12.8. The summed E-state index contributed by atoms with van der Waals surface area (Å²) in [6.45, 7) is 1.65. The second-order valence-electron chi connectivity index (χ2n) is 4.52. The summed E-state index contributed by atoms with van der Waals surface area (Å²) in [5.41, 5.74) is 0. The number of rotatable bonds is 3. The van der Waals surface area contributed by atoms with Gasteiger partial charge in [0.2, 0.25) is 0 Å². The third-order valence-electron chi connectivity index (χ3n) is 3.28. The number of methoxy groups -OCH3 is 1. The van der Waals surface area contributed by atoms with E-state index < -0.39 is 0 Å². The number of piperidine rings is 1. The number of hydrogen-bond donors (Lipinski definition) is 0. The lowest BCUT2D eigenvalue weighted by Gasteiger charge is -2.30. The van der Waals surface area contributed by atoms with E-state index in [1.165, 1.54) is 12.0 Å². The number of carbonyl (C=O) groups excluding carboxylic acids is 1. The van der Waals surface area contributed by atoms with Gasteiger partial charge < -0.3 is 9.64 Å². The van der Waals surface area contributed by atoms with Gasteiger partial charge in [-0.15, -0.1) is 11.8 Å². The van der Waals surface area contributed by atoms with Crippen LogP contribution in [0.2, 0.25) is 0 Å². The second-order valence-corrected chi connectivity index (χ2v) is 5.62. The molecule has 0 aliphatic carbocycles. The van der Waals surface area contributed by atoms with Crippen molar-refractivity contribution in [2.45, 2.75) is 17.7 Å². The van der Waals surface area contributed by atoms with Crippen LogP contribution in [0, 0.1) is 5.92 Å². The zero-order valence-corrected chi connectivity index (χ0v) is 11.5. The molecule has 0 radical (unpaired) electrons. The molecule has 0 N–H and O–H groups in total. The van der Waals surface area contributed by atoms with Gasteiger partial charge in [-0.25, -0.2) is 4.79 Å². The Kier molecular flexibility index (Phi) is 4.93. The summed E-state index contributed by atoms with van der Waals surface area (Å²) in [6, 6.07) is 10.5. The summed E-state index contributed by atoms with van der Waals surface area (Å²) < 4.78 is 4.74. The van der Waals surface area contributed by atoms with Crippen LogP contribution in [0.25, 0.3) is 0 Å². The van der Waals surface area contributed by atoms with Crippen molar-refractivity contribution >= 4 is 17.9 Å². The normalized spacial score (nSPS) is 16.6. The topological polar surface area (TPSA) is 29.5 Å². The van der Waals surface area contributed by atoms with Crippen molar-refractivity contribution in [3.63, 3.8) is 0 Å². The van der Waals surface area contributed by atoms with E-state index in [9.17, 15) is 4.79 Å². The van der Waals surface area contributed by atoms with Crippen LogP contribution in [-0.2, 0) is 4.74 Å². The van der Waals surface area contributed by atoms with Gasteiger partial charge in [0, 0.05) is 23.7 Å². The third-order valence-corrected chi connectivity index (χ3v) is 4.52. The number of carbonyl (C=O) groups is 1. The van der Waals surface area contributed by atoms with Crippen molar-refractivity contribution in [1.29, 1.82) is 0 Å². The lowest BCUT2D eigenvalue weighted by molar-refractivity contribution is 0.108. The summed E-state index contributed by atoms with van der Waals surface area (Å²) in [5.74, 6) is 1.84. The number of ether oxygens (including phenoxy) is 1. The smallest absolute Gasteiger partial charge is 0.409 e. The van der Waals surface area contributed by atoms with Gasteiger partial charge in [-0.05, 0) is 30.9 Å². The number of likely N-dealkylation sites (tertiary alicyclic amines) is 1. The average Bonchev–Trinajstić information content (AvgIpc) is 2.46. The van der Waals surface area contributed by atoms with E-state index in [1.54, 1.807) is 4.90 Å². The van der Waals surface area contributed by atoms with Crippen LogP contribution in [0.4, 0.5) is 4.79 Å². The molecule has 1 amide bonds. The largest absolute Gasteiger partial charge is 0.453 e. The fraction of sp³-hybridized carbons (Fsp3) is 0.500. The van der Waals surface area contributed by atoms with Crippen LogP contribution in [0.3, 0.4) is 0 Å². The Morgan fingerprint density at radius 1 is 1.33 bits per heavy atom. The molecule has 1 aliphatic rings. The van der Waals surface area contributed by atoms with Crippen LogP contribution < -0.4 is 0 Å². The number of benzene rings is 1. The molecule has 1 fully saturated rings. The van der Waals surface area contributed by atoms with Gasteiger partial charge in [0.15, 0.2) is 0 Å². The molecular weight excluding hydrogens is 246 g/mol. The van der Waals surface area contributed by atoms with E-state index in [2.05, 4.69) is 24.3 Å². The predicted molar refractivity (Wildman–Crippen MR) is 73.9 cm³/mol. The van der Waals surface area contributed by atoms with E-state index in [0.717, 1.165) is 31.7 Å². The van der Waals surface area contributed by atoms with Crippen LogP contribution in [0.15, 0.2) is 35.2 Å². The summed E-state index contributed by atoms with van der Waals surface area (Å²) in [5, 5.41) is 0. The third kappa shape index (κ3) is 3.67. The maximum Gasteiger partial charge on any atom is 0.409 e. The molecule has 1 aromatic carbocycles. The maximum atomic E-state index is 11.4. The van der Waals surface area contributed by atoms with Gasteiger partial charge in [-0.2, -0.15) is 0 Å². The standard InChI is InChI=1S/C14H19NO2S/c1-17-14(16)15-9-7-12(8-10-15)11-18-13-5-3-2-4-6-13/h2-6,12H,7-11H2,1H3. The van der Waals surface area contributed by atoms with Gasteiger partial charge in [-0.1, -0.05) is 18.2 Å². The van der Waals surface area contributed by atoms with E-state index in [4.69, 9.17) is 4.74 Å². The van der Waals surface area contributed by atoms with Crippen LogP contribution in [0.1, 0.15) is 12.8 Å². The maximum absolute atomic E-state index is 11.4. The fourth-order valence-corrected chi connectivity index (χ4v) is 3.25. The minimum Gasteiger partial charge on any atom is -0.453 e. The Labute approximate surface area is 113 Å². The van der Waals surface area contributed by atoms with E-state index >= 15 is 0 Å². The van der Waals surface area contributed by atoms with Crippen LogP contribution in [0.5, 0.6) is 0 Å². The Hall–Kier alpha value is -1.16. The first-order chi connectivity index (χ1) is 8.79. The zero-order valence-electron chi connectivity index (χ0n) is 10.7. The summed E-state index contributed by atoms with van der Waals surface area (Å²) in [4.78, 5) is 14.5. The van der Waals surface area contributed by atoms with Crippen molar-refractivity contribution in [1.82, 2.24) is 4.90 Å². The van der Waals surface area contributed by atoms with Crippen molar-refractivity contribution in [2.75, 3.05) is 26.0 Å². The highest BCUT2D eigenvalue weighted by Gasteiger charge is 2.22.